The minimum absolute atomic E-state index is 0.229. The maximum Gasteiger partial charge on any atom is 0.122 e. The average Bonchev–Trinajstić information content (AvgIpc) is 3.57. The molecule has 2 bridgehead atoms. The van der Waals surface area contributed by atoms with Gasteiger partial charge in [0.25, 0.3) is 0 Å². The number of nitrogen functional groups attached to an aromatic ring is 1. The molecule has 1 aliphatic heterocycles. The second kappa shape index (κ2) is 14.2. The summed E-state index contributed by atoms with van der Waals surface area (Å²) in [5, 5.41) is 10.8. The van der Waals surface area contributed by atoms with Crippen LogP contribution in [0.2, 0.25) is 5.02 Å². The van der Waals surface area contributed by atoms with E-state index in [0.29, 0.717) is 16.9 Å². The number of halogens is 1. The van der Waals surface area contributed by atoms with Crippen LogP contribution in [0.5, 0.6) is 5.75 Å². The number of nitrogens with zero attached hydrogens (tertiary/aromatic N) is 5. The highest BCUT2D eigenvalue weighted by molar-refractivity contribution is 6.31. The van der Waals surface area contributed by atoms with Crippen LogP contribution in [0.15, 0.2) is 78.5 Å². The lowest BCUT2D eigenvalue weighted by molar-refractivity contribution is 0.210. The van der Waals surface area contributed by atoms with Gasteiger partial charge in [-0.3, -0.25) is 14.6 Å². The highest BCUT2D eigenvalue weighted by Gasteiger charge is 2.34. The van der Waals surface area contributed by atoms with Crippen LogP contribution < -0.4 is 10.5 Å². The van der Waals surface area contributed by atoms with E-state index < -0.39 is 0 Å². The number of pyridine rings is 1. The first-order valence-electron chi connectivity index (χ1n) is 18.4. The normalized spacial score (nSPS) is 20.0. The van der Waals surface area contributed by atoms with Crippen LogP contribution in [0.25, 0.3) is 10.9 Å². The molecule has 0 fully saturated rings. The number of allylic oxidation sites excluding steroid dienone is 2. The summed E-state index contributed by atoms with van der Waals surface area (Å²) in [7, 11) is 1.77. The molecule has 3 heterocycles. The van der Waals surface area contributed by atoms with Crippen molar-refractivity contribution in [2.75, 3.05) is 25.9 Å². The monoisotopic (exact) mass is 686 g/mol. The van der Waals surface area contributed by atoms with Crippen molar-refractivity contribution in [3.63, 3.8) is 0 Å². The van der Waals surface area contributed by atoms with E-state index in [4.69, 9.17) is 27.1 Å². The van der Waals surface area contributed by atoms with Gasteiger partial charge in [0.05, 0.1) is 24.4 Å². The predicted octanol–water partition coefficient (Wildman–Crippen LogP) is 8.81. The van der Waals surface area contributed by atoms with Crippen LogP contribution in [-0.2, 0) is 25.8 Å². The summed E-state index contributed by atoms with van der Waals surface area (Å²) in [5.74, 6) is 1.98. The van der Waals surface area contributed by atoms with Gasteiger partial charge in [0.15, 0.2) is 0 Å². The zero-order valence-electron chi connectivity index (χ0n) is 29.2. The van der Waals surface area contributed by atoms with Crippen molar-refractivity contribution in [3.8, 4) is 5.75 Å². The highest BCUT2D eigenvalue weighted by Crippen LogP contribution is 2.47. The Kier molecular flexibility index (Phi) is 9.36. The van der Waals surface area contributed by atoms with E-state index >= 15 is 0 Å². The SMILES string of the molecule is COc1cc2c(cc1C)CCN(CCCc1cn(CCCCC3=CC4Cc5nc6cc(Cl)ccc6c(N)c5C(C3)C4)nn1)C2c1ccccc1. The smallest absolute Gasteiger partial charge is 0.122 e. The highest BCUT2D eigenvalue weighted by atomic mass is 35.5. The maximum atomic E-state index is 6.76. The topological polar surface area (TPSA) is 82.1 Å². The van der Waals surface area contributed by atoms with Gasteiger partial charge in [-0.25, -0.2) is 0 Å². The Labute approximate surface area is 300 Å². The minimum Gasteiger partial charge on any atom is -0.496 e. The van der Waals surface area contributed by atoms with E-state index in [1.165, 1.54) is 39.9 Å². The lowest BCUT2D eigenvalue weighted by Gasteiger charge is -2.38. The van der Waals surface area contributed by atoms with Gasteiger partial charge in [-0.15, -0.1) is 5.10 Å². The number of hydrogen-bond acceptors (Lipinski definition) is 6. The summed E-state index contributed by atoms with van der Waals surface area (Å²) in [4.78, 5) is 7.65. The molecule has 0 amide bonds. The fraction of sp³-hybridized carbons (Fsp3) is 0.405. The molecule has 5 aromatic rings. The summed E-state index contributed by atoms with van der Waals surface area (Å²) in [6, 6.07) is 21.6. The first-order valence-corrected chi connectivity index (χ1v) is 18.7. The van der Waals surface area contributed by atoms with Crippen molar-refractivity contribution in [3.05, 3.63) is 123 Å². The second-order valence-corrected chi connectivity index (χ2v) is 15.1. The Morgan fingerprint density at radius 2 is 1.86 bits per heavy atom. The van der Waals surface area contributed by atoms with Gasteiger partial charge in [0.2, 0.25) is 0 Å². The van der Waals surface area contributed by atoms with E-state index in [0.717, 1.165) is 99.0 Å². The zero-order valence-corrected chi connectivity index (χ0v) is 30.0. The Bertz CT molecular complexity index is 2040. The minimum atomic E-state index is 0.229. The van der Waals surface area contributed by atoms with Crippen LogP contribution in [0.4, 0.5) is 5.69 Å². The van der Waals surface area contributed by atoms with Crippen LogP contribution in [0.3, 0.4) is 0 Å². The third-order valence-corrected chi connectivity index (χ3v) is 11.5. The van der Waals surface area contributed by atoms with Crippen LogP contribution in [-0.4, -0.2) is 45.1 Å². The number of fused-ring (bicyclic) bond motifs is 6. The Hall–Kier alpha value is -4.20. The first-order chi connectivity index (χ1) is 24.4. The Morgan fingerprint density at radius 3 is 2.72 bits per heavy atom. The quantitative estimate of drug-likeness (QED) is 0.110. The van der Waals surface area contributed by atoms with E-state index in [1.54, 1.807) is 12.7 Å². The molecule has 2 aliphatic carbocycles. The third-order valence-electron chi connectivity index (χ3n) is 11.2. The Morgan fingerprint density at radius 1 is 0.980 bits per heavy atom. The van der Waals surface area contributed by atoms with Gasteiger partial charge in [0, 0.05) is 46.6 Å². The van der Waals surface area contributed by atoms with E-state index in [9.17, 15) is 0 Å². The lowest BCUT2D eigenvalue weighted by atomic mass is 9.70. The number of benzene rings is 3. The molecule has 0 saturated carbocycles. The fourth-order valence-corrected chi connectivity index (χ4v) is 9.10. The molecule has 258 valence electrons. The average molecular weight is 687 g/mol. The first kappa shape index (κ1) is 33.0. The number of aromatic nitrogens is 4. The number of ether oxygens (including phenoxy) is 1. The fourth-order valence-electron chi connectivity index (χ4n) is 8.94. The summed E-state index contributed by atoms with van der Waals surface area (Å²) in [6.45, 7) is 5.10. The van der Waals surface area contributed by atoms with Gasteiger partial charge in [-0.2, -0.15) is 0 Å². The van der Waals surface area contributed by atoms with E-state index in [1.807, 2.05) is 22.9 Å². The van der Waals surface area contributed by atoms with Gasteiger partial charge in [0.1, 0.15) is 5.75 Å². The number of hydrogen-bond donors (Lipinski definition) is 1. The van der Waals surface area contributed by atoms with Crippen molar-refractivity contribution < 1.29 is 4.74 Å². The summed E-state index contributed by atoms with van der Waals surface area (Å²) in [6.07, 6.45) is 14.3. The molecule has 0 saturated heterocycles. The van der Waals surface area contributed by atoms with Crippen LogP contribution >= 0.6 is 11.6 Å². The summed E-state index contributed by atoms with van der Waals surface area (Å²) < 4.78 is 7.77. The van der Waals surface area contributed by atoms with E-state index in [-0.39, 0.29) is 6.04 Å². The molecule has 3 aromatic carbocycles. The number of methoxy groups -OCH3 is 1. The summed E-state index contributed by atoms with van der Waals surface area (Å²) in [5.41, 5.74) is 19.0. The Balaban J connectivity index is 0.838. The van der Waals surface area contributed by atoms with Gasteiger partial charge >= 0.3 is 0 Å². The van der Waals surface area contributed by atoms with Crippen molar-refractivity contribution in [2.24, 2.45) is 5.92 Å². The third kappa shape index (κ3) is 6.66. The second-order valence-electron chi connectivity index (χ2n) is 14.6. The van der Waals surface area contributed by atoms with Crippen molar-refractivity contribution >= 4 is 28.2 Å². The largest absolute Gasteiger partial charge is 0.496 e. The number of aryl methyl sites for hydroxylation is 3. The molecule has 8 rings (SSSR count). The maximum absolute atomic E-state index is 6.76. The molecule has 3 atom stereocenters. The molecule has 2 N–H and O–H groups in total. The van der Waals surface area contributed by atoms with Gasteiger partial charge in [-0.1, -0.05) is 64.9 Å². The molecule has 8 heteroatoms. The number of rotatable bonds is 11. The van der Waals surface area contributed by atoms with Crippen LogP contribution in [0.1, 0.15) is 89.7 Å². The molecule has 3 aliphatic rings. The zero-order chi connectivity index (χ0) is 34.2. The number of unbranched alkanes of at least 4 members (excludes halogenated alkanes) is 1. The van der Waals surface area contributed by atoms with Crippen LogP contribution in [0, 0.1) is 12.8 Å². The standard InChI is InChI=1S/C42H47ClN6O/c1-27-19-31-15-18-48(42(30-10-4-3-5-11-30)36(31)25-39(27)50-2)16-8-12-34-26-49(47-46-34)17-7-6-9-28-20-29-22-32(21-28)40-38(23-29)45-37-24-33(43)13-14-35(37)41(40)44/h3-5,10-11,13-14,19-20,24-26,29,32,42H,6-9,12,15-18,21-23H2,1-2H3,(H2,44,45). The molecule has 50 heavy (non-hydrogen) atoms. The molecule has 2 aromatic heterocycles. The lowest BCUT2D eigenvalue weighted by Crippen LogP contribution is -2.37. The molecular formula is C42H47ClN6O. The van der Waals surface area contributed by atoms with Gasteiger partial charge < -0.3 is 10.5 Å². The molecule has 0 spiro atoms. The number of nitrogens with two attached hydrogens (primary N) is 1. The van der Waals surface area contributed by atoms with E-state index in [2.05, 4.69) is 76.9 Å². The molecule has 0 radical (unpaired) electrons. The van der Waals surface area contributed by atoms with Crippen molar-refractivity contribution in [2.45, 2.75) is 83.2 Å². The molecule has 3 unspecified atom stereocenters. The van der Waals surface area contributed by atoms with Crippen molar-refractivity contribution in [1.29, 1.82) is 0 Å². The molecular weight excluding hydrogens is 640 g/mol. The molecule has 7 nitrogen and oxygen atoms in total. The predicted molar refractivity (Wildman–Crippen MR) is 202 cm³/mol. The van der Waals surface area contributed by atoms with Crippen molar-refractivity contribution in [1.82, 2.24) is 24.9 Å². The number of anilines is 1. The van der Waals surface area contributed by atoms with Gasteiger partial charge in [-0.05, 0) is 130 Å². The summed E-state index contributed by atoms with van der Waals surface area (Å²) >= 11 is 6.26.